The van der Waals surface area contributed by atoms with Crippen molar-refractivity contribution in [1.29, 1.82) is 0 Å². The molecule has 1 fully saturated rings. The predicted molar refractivity (Wildman–Crippen MR) is 124 cm³/mol. The Labute approximate surface area is 190 Å². The van der Waals surface area contributed by atoms with Gasteiger partial charge in [-0.05, 0) is 36.3 Å². The smallest absolute Gasteiger partial charge is 0.266 e. The largest absolute Gasteiger partial charge is 0.502 e. The zero-order valence-electron chi connectivity index (χ0n) is 17.2. The first-order chi connectivity index (χ1) is 14.8. The van der Waals surface area contributed by atoms with Crippen LogP contribution >= 0.6 is 24.0 Å². The highest BCUT2D eigenvalue weighted by atomic mass is 32.2. The maximum absolute atomic E-state index is 13.0. The molecule has 2 aromatic carbocycles. The van der Waals surface area contributed by atoms with Crippen molar-refractivity contribution in [3.63, 3.8) is 0 Å². The van der Waals surface area contributed by atoms with E-state index in [1.165, 1.54) is 19.1 Å². The minimum absolute atomic E-state index is 0.126. The molecule has 31 heavy (non-hydrogen) atoms. The Morgan fingerprint density at radius 3 is 2.42 bits per heavy atom. The number of phenolic OH excluding ortho intramolecular Hbond substituents is 1. The van der Waals surface area contributed by atoms with Crippen LogP contribution in [-0.4, -0.2) is 46.4 Å². The molecule has 7 nitrogen and oxygen atoms in total. The van der Waals surface area contributed by atoms with Crippen LogP contribution in [0.4, 0.5) is 0 Å². The number of nitrogens with one attached hydrogen (secondary N) is 1. The fourth-order valence-electron chi connectivity index (χ4n) is 3.01. The van der Waals surface area contributed by atoms with Gasteiger partial charge in [-0.15, -0.1) is 0 Å². The van der Waals surface area contributed by atoms with Crippen molar-refractivity contribution in [3.05, 3.63) is 58.5 Å². The third-order valence-electron chi connectivity index (χ3n) is 4.70. The second kappa shape index (κ2) is 9.84. The molecule has 3 rings (SSSR count). The van der Waals surface area contributed by atoms with E-state index < -0.39 is 6.04 Å². The van der Waals surface area contributed by atoms with Crippen LogP contribution in [0.2, 0.25) is 0 Å². The molecular formula is C22H22N2O5S2. The first-order valence-electron chi connectivity index (χ1n) is 9.39. The number of phenols is 1. The zero-order valence-corrected chi connectivity index (χ0v) is 18.9. The summed E-state index contributed by atoms with van der Waals surface area (Å²) in [5.41, 5.74) is 1.55. The summed E-state index contributed by atoms with van der Waals surface area (Å²) < 4.78 is 10.6. The molecule has 9 heteroatoms. The molecule has 2 aromatic rings. The lowest BCUT2D eigenvalue weighted by Gasteiger charge is -2.22. The zero-order chi connectivity index (χ0) is 22.5. The third-order valence-corrected chi connectivity index (χ3v) is 6.03. The normalized spacial score (nSPS) is 15.8. The highest BCUT2D eigenvalue weighted by Gasteiger charge is 2.38. The molecule has 1 heterocycles. The summed E-state index contributed by atoms with van der Waals surface area (Å²) in [5.74, 6) is -0.347. The number of hydrogen-bond donors (Lipinski definition) is 2. The quantitative estimate of drug-likeness (QED) is 0.486. The Morgan fingerprint density at radius 1 is 1.23 bits per heavy atom. The fraction of sp³-hybridized carbons (Fsp3) is 0.227. The molecule has 1 saturated heterocycles. The maximum atomic E-state index is 13.0. The lowest BCUT2D eigenvalue weighted by Crippen LogP contribution is -2.46. The topological polar surface area (TPSA) is 88.1 Å². The lowest BCUT2D eigenvalue weighted by molar-refractivity contribution is -0.132. The van der Waals surface area contributed by atoms with Gasteiger partial charge >= 0.3 is 0 Å². The number of thioether (sulfide) groups is 1. The van der Waals surface area contributed by atoms with E-state index >= 15 is 0 Å². The molecule has 0 aliphatic carbocycles. The number of ether oxygens (including phenoxy) is 2. The van der Waals surface area contributed by atoms with Crippen LogP contribution in [0.5, 0.6) is 17.2 Å². The Balaban J connectivity index is 1.76. The first-order valence-corrected chi connectivity index (χ1v) is 10.6. The van der Waals surface area contributed by atoms with Gasteiger partial charge in [0.25, 0.3) is 5.91 Å². The summed E-state index contributed by atoms with van der Waals surface area (Å²) in [6.45, 7) is 2.00. The van der Waals surface area contributed by atoms with Gasteiger partial charge in [-0.1, -0.05) is 54.3 Å². The van der Waals surface area contributed by atoms with Crippen molar-refractivity contribution in [2.75, 3.05) is 14.2 Å². The fourth-order valence-corrected chi connectivity index (χ4v) is 4.43. The Bertz CT molecular complexity index is 1010. The summed E-state index contributed by atoms with van der Waals surface area (Å²) in [6.07, 6.45) is 1.62. The van der Waals surface area contributed by atoms with E-state index in [4.69, 9.17) is 21.7 Å². The Morgan fingerprint density at radius 2 is 1.84 bits per heavy atom. The van der Waals surface area contributed by atoms with Crippen LogP contribution in [0.1, 0.15) is 18.1 Å². The number of thiocarbonyl (C=S) groups is 1. The van der Waals surface area contributed by atoms with E-state index in [0.29, 0.717) is 21.3 Å². The van der Waals surface area contributed by atoms with Crippen LogP contribution < -0.4 is 14.8 Å². The van der Waals surface area contributed by atoms with Gasteiger partial charge in [-0.3, -0.25) is 14.5 Å². The maximum Gasteiger partial charge on any atom is 0.266 e. The number of rotatable bonds is 7. The van der Waals surface area contributed by atoms with Gasteiger partial charge < -0.3 is 19.9 Å². The summed E-state index contributed by atoms with van der Waals surface area (Å²) in [6, 6.07) is 11.9. The highest BCUT2D eigenvalue weighted by Crippen LogP contribution is 2.39. The van der Waals surface area contributed by atoms with Crippen molar-refractivity contribution in [2.45, 2.75) is 19.5 Å². The molecule has 1 unspecified atom stereocenters. The third kappa shape index (κ3) is 5.00. The molecule has 162 valence electrons. The molecule has 1 atom stereocenters. The molecule has 2 amide bonds. The van der Waals surface area contributed by atoms with Gasteiger partial charge in [0, 0.05) is 6.54 Å². The van der Waals surface area contributed by atoms with Crippen LogP contribution in [0.3, 0.4) is 0 Å². The average Bonchev–Trinajstić information content (AvgIpc) is 3.05. The van der Waals surface area contributed by atoms with Gasteiger partial charge in [-0.25, -0.2) is 0 Å². The number of carbonyl (C=O) groups is 2. The van der Waals surface area contributed by atoms with E-state index in [0.717, 1.165) is 17.3 Å². The number of carbonyl (C=O) groups excluding carboxylic acids is 2. The van der Waals surface area contributed by atoms with E-state index in [9.17, 15) is 14.7 Å². The standard InChI is InChI=1S/C22H22N2O5S2/c1-13(20(26)23-12-14-7-5-4-6-8-14)24-21(27)18(31-22(24)30)11-15-9-16(28-2)19(25)17(10-15)29-3/h4-11,13,25H,12H2,1-3H3,(H,23,26)/b18-11-. The molecule has 1 aliphatic rings. The number of methoxy groups -OCH3 is 2. The summed E-state index contributed by atoms with van der Waals surface area (Å²) in [7, 11) is 2.85. The second-order valence-corrected chi connectivity index (χ2v) is 8.38. The van der Waals surface area contributed by atoms with Crippen LogP contribution in [0.25, 0.3) is 6.08 Å². The van der Waals surface area contributed by atoms with Crippen LogP contribution in [0, 0.1) is 0 Å². The van der Waals surface area contributed by atoms with Gasteiger partial charge in [0.1, 0.15) is 10.4 Å². The molecule has 0 aromatic heterocycles. The van der Waals surface area contributed by atoms with E-state index in [-0.39, 0.29) is 29.1 Å². The highest BCUT2D eigenvalue weighted by molar-refractivity contribution is 8.26. The van der Waals surface area contributed by atoms with Crippen molar-refractivity contribution < 1.29 is 24.2 Å². The van der Waals surface area contributed by atoms with Gasteiger partial charge in [0.2, 0.25) is 11.7 Å². The van der Waals surface area contributed by atoms with Gasteiger partial charge in [0.05, 0.1) is 19.1 Å². The lowest BCUT2D eigenvalue weighted by atomic mass is 10.1. The van der Waals surface area contributed by atoms with Crippen molar-refractivity contribution in [2.24, 2.45) is 0 Å². The number of aromatic hydroxyl groups is 1. The molecule has 1 aliphatic heterocycles. The Hall–Kier alpha value is -3.04. The van der Waals surface area contributed by atoms with Crippen LogP contribution in [0.15, 0.2) is 47.4 Å². The average molecular weight is 459 g/mol. The second-order valence-electron chi connectivity index (χ2n) is 6.71. The van der Waals surface area contributed by atoms with Crippen molar-refractivity contribution in [1.82, 2.24) is 10.2 Å². The van der Waals surface area contributed by atoms with Crippen molar-refractivity contribution in [3.8, 4) is 17.2 Å². The SMILES string of the molecule is COc1cc(/C=C2\SC(=S)N(C(C)C(=O)NCc3ccccc3)C2=O)cc(OC)c1O. The number of nitrogens with zero attached hydrogens (tertiary/aromatic N) is 1. The van der Waals surface area contributed by atoms with E-state index in [2.05, 4.69) is 5.32 Å². The summed E-state index contributed by atoms with van der Waals surface area (Å²) in [5, 5.41) is 12.9. The van der Waals surface area contributed by atoms with E-state index in [1.807, 2.05) is 30.3 Å². The van der Waals surface area contributed by atoms with Gasteiger partial charge in [0.15, 0.2) is 11.5 Å². The molecule has 0 radical (unpaired) electrons. The molecule has 0 saturated carbocycles. The number of hydrogen-bond acceptors (Lipinski definition) is 7. The molecule has 0 bridgehead atoms. The summed E-state index contributed by atoms with van der Waals surface area (Å²) in [4.78, 5) is 27.3. The predicted octanol–water partition coefficient (Wildman–Crippen LogP) is 3.32. The molecule has 0 spiro atoms. The van der Waals surface area contributed by atoms with Gasteiger partial charge in [-0.2, -0.15) is 0 Å². The van der Waals surface area contributed by atoms with Crippen molar-refractivity contribution >= 4 is 46.2 Å². The molecule has 2 N–H and O–H groups in total. The Kier molecular flexibility index (Phi) is 7.19. The molecular weight excluding hydrogens is 436 g/mol. The minimum Gasteiger partial charge on any atom is -0.502 e. The monoisotopic (exact) mass is 458 g/mol. The number of amides is 2. The van der Waals surface area contributed by atoms with E-state index in [1.54, 1.807) is 25.1 Å². The first kappa shape index (κ1) is 22.6. The number of benzene rings is 2. The van der Waals surface area contributed by atoms with Crippen LogP contribution in [-0.2, 0) is 16.1 Å². The minimum atomic E-state index is -0.758. The summed E-state index contributed by atoms with van der Waals surface area (Å²) >= 11 is 6.47.